The minimum absolute atomic E-state index is 0.0717. The van der Waals surface area contributed by atoms with E-state index in [0.29, 0.717) is 11.4 Å². The normalized spacial score (nSPS) is 20.3. The molecule has 2 rings (SSSR count). The predicted molar refractivity (Wildman–Crippen MR) is 61.3 cm³/mol. The first kappa shape index (κ1) is 10.5. The molecule has 1 unspecified atom stereocenters. The molecule has 1 atom stereocenters. The molecule has 1 heterocycles. The van der Waals surface area contributed by atoms with Crippen LogP contribution in [0.2, 0.25) is 5.02 Å². The van der Waals surface area contributed by atoms with Gasteiger partial charge in [0.05, 0.1) is 10.7 Å². The van der Waals surface area contributed by atoms with Gasteiger partial charge < -0.3 is 10.2 Å². The molecule has 1 N–H and O–H groups in total. The molecule has 0 radical (unpaired) electrons. The second-order valence-electron chi connectivity index (χ2n) is 3.68. The number of carbonyl (C=O) groups is 1. The monoisotopic (exact) mass is 224 g/mol. The summed E-state index contributed by atoms with van der Waals surface area (Å²) in [6.07, 6.45) is 0.486. The van der Waals surface area contributed by atoms with Crippen LogP contribution in [0.1, 0.15) is 18.0 Å². The van der Waals surface area contributed by atoms with Gasteiger partial charge in [-0.1, -0.05) is 23.7 Å². The van der Waals surface area contributed by atoms with E-state index < -0.39 is 0 Å². The topological polar surface area (TPSA) is 32.3 Å². The van der Waals surface area contributed by atoms with Crippen molar-refractivity contribution in [3.63, 3.8) is 0 Å². The lowest BCUT2D eigenvalue weighted by Gasteiger charge is -2.32. The first-order valence-corrected chi connectivity index (χ1v) is 5.25. The van der Waals surface area contributed by atoms with E-state index in [1.54, 1.807) is 11.9 Å². The summed E-state index contributed by atoms with van der Waals surface area (Å²) in [6, 6.07) is 5.80. The fourth-order valence-corrected chi connectivity index (χ4v) is 2.28. The van der Waals surface area contributed by atoms with Gasteiger partial charge >= 0.3 is 0 Å². The third-order valence-electron chi connectivity index (χ3n) is 2.83. The van der Waals surface area contributed by atoms with Crippen molar-refractivity contribution in [1.82, 2.24) is 5.32 Å². The van der Waals surface area contributed by atoms with Crippen molar-refractivity contribution in [3.05, 3.63) is 28.8 Å². The molecule has 0 fully saturated rings. The Labute approximate surface area is 94.0 Å². The Morgan fingerprint density at radius 1 is 1.53 bits per heavy atom. The van der Waals surface area contributed by atoms with Crippen molar-refractivity contribution >= 4 is 23.2 Å². The zero-order valence-electron chi connectivity index (χ0n) is 8.75. The van der Waals surface area contributed by atoms with E-state index in [-0.39, 0.29) is 11.9 Å². The van der Waals surface area contributed by atoms with Gasteiger partial charge in [-0.3, -0.25) is 4.79 Å². The number of amides is 1. The Bertz CT molecular complexity index is 406. The van der Waals surface area contributed by atoms with Gasteiger partial charge in [0.2, 0.25) is 5.91 Å². The molecular formula is C11H13ClN2O. The molecule has 0 spiro atoms. The van der Waals surface area contributed by atoms with Gasteiger partial charge in [0.25, 0.3) is 0 Å². The van der Waals surface area contributed by atoms with E-state index in [2.05, 4.69) is 5.32 Å². The molecular weight excluding hydrogens is 212 g/mol. The molecule has 1 aliphatic rings. The average molecular weight is 225 g/mol. The number of anilines is 1. The number of hydrogen-bond acceptors (Lipinski definition) is 2. The first-order chi connectivity index (χ1) is 7.15. The van der Waals surface area contributed by atoms with Crippen LogP contribution >= 0.6 is 11.6 Å². The molecule has 3 nitrogen and oxygen atoms in total. The lowest BCUT2D eigenvalue weighted by Crippen LogP contribution is -2.37. The Hall–Kier alpha value is -1.06. The summed E-state index contributed by atoms with van der Waals surface area (Å²) < 4.78 is 0. The van der Waals surface area contributed by atoms with Crippen LogP contribution in [0.3, 0.4) is 0 Å². The highest BCUT2D eigenvalue weighted by atomic mass is 35.5. The van der Waals surface area contributed by atoms with E-state index in [4.69, 9.17) is 11.6 Å². The quantitative estimate of drug-likeness (QED) is 0.791. The van der Waals surface area contributed by atoms with E-state index in [1.807, 2.05) is 25.2 Å². The summed E-state index contributed by atoms with van der Waals surface area (Å²) >= 11 is 6.10. The van der Waals surface area contributed by atoms with E-state index in [1.165, 1.54) is 0 Å². The summed E-state index contributed by atoms with van der Waals surface area (Å²) in [5.74, 6) is 0.0925. The van der Waals surface area contributed by atoms with Crippen LogP contribution < -0.4 is 10.2 Å². The Morgan fingerprint density at radius 2 is 2.27 bits per heavy atom. The second kappa shape index (κ2) is 3.83. The number of benzene rings is 1. The van der Waals surface area contributed by atoms with Crippen LogP contribution in [-0.2, 0) is 4.79 Å². The van der Waals surface area contributed by atoms with Gasteiger partial charge in [-0.05, 0) is 18.7 Å². The molecule has 0 bridgehead atoms. The molecule has 1 aliphatic heterocycles. The largest absolute Gasteiger partial charge is 0.314 e. The molecule has 80 valence electrons. The minimum atomic E-state index is 0.0717. The van der Waals surface area contributed by atoms with Crippen LogP contribution in [0, 0.1) is 0 Å². The molecule has 4 heteroatoms. The zero-order valence-corrected chi connectivity index (χ0v) is 9.51. The highest BCUT2D eigenvalue weighted by Crippen LogP contribution is 2.38. The molecule has 0 saturated heterocycles. The highest BCUT2D eigenvalue weighted by molar-refractivity contribution is 6.34. The standard InChI is InChI=1S/C11H13ClN2O/c1-13-9-6-10(15)14(2)11-7(9)4-3-5-8(11)12/h3-5,9,13H,6H2,1-2H3. The Kier molecular flexibility index (Phi) is 2.67. The van der Waals surface area contributed by atoms with Gasteiger partial charge in [-0.15, -0.1) is 0 Å². The lowest BCUT2D eigenvalue weighted by atomic mass is 9.96. The third kappa shape index (κ3) is 1.62. The summed E-state index contributed by atoms with van der Waals surface area (Å²) in [7, 11) is 3.62. The van der Waals surface area contributed by atoms with Gasteiger partial charge in [-0.2, -0.15) is 0 Å². The fourth-order valence-electron chi connectivity index (χ4n) is 1.97. The molecule has 1 aromatic rings. The Balaban J connectivity index is 2.58. The SMILES string of the molecule is CNC1CC(=O)N(C)c2c(Cl)cccc21. The number of para-hydroxylation sites is 1. The number of halogens is 1. The third-order valence-corrected chi connectivity index (χ3v) is 3.14. The van der Waals surface area contributed by atoms with Gasteiger partial charge in [-0.25, -0.2) is 0 Å². The van der Waals surface area contributed by atoms with Crippen molar-refractivity contribution < 1.29 is 4.79 Å². The highest BCUT2D eigenvalue weighted by Gasteiger charge is 2.29. The maximum atomic E-state index is 11.7. The van der Waals surface area contributed by atoms with E-state index >= 15 is 0 Å². The van der Waals surface area contributed by atoms with Crippen molar-refractivity contribution in [3.8, 4) is 0 Å². The predicted octanol–water partition coefficient (Wildman–Crippen LogP) is 1.97. The van der Waals surface area contributed by atoms with Crippen molar-refractivity contribution in [2.24, 2.45) is 0 Å². The fraction of sp³-hybridized carbons (Fsp3) is 0.364. The summed E-state index contributed by atoms with van der Waals surface area (Å²) in [5, 5.41) is 3.76. The number of rotatable bonds is 1. The van der Waals surface area contributed by atoms with Crippen LogP contribution in [-0.4, -0.2) is 20.0 Å². The number of carbonyl (C=O) groups excluding carboxylic acids is 1. The second-order valence-corrected chi connectivity index (χ2v) is 4.08. The summed E-state index contributed by atoms with van der Waals surface area (Å²) in [6.45, 7) is 0. The van der Waals surface area contributed by atoms with E-state index in [9.17, 15) is 4.79 Å². The van der Waals surface area contributed by atoms with Gasteiger partial charge in [0.1, 0.15) is 0 Å². The van der Waals surface area contributed by atoms with Crippen LogP contribution in [0.15, 0.2) is 18.2 Å². The van der Waals surface area contributed by atoms with Gasteiger partial charge in [0.15, 0.2) is 0 Å². The first-order valence-electron chi connectivity index (χ1n) is 4.87. The zero-order chi connectivity index (χ0) is 11.0. The van der Waals surface area contributed by atoms with Crippen molar-refractivity contribution in [1.29, 1.82) is 0 Å². The molecule has 1 aromatic carbocycles. The minimum Gasteiger partial charge on any atom is -0.314 e. The molecule has 0 aromatic heterocycles. The van der Waals surface area contributed by atoms with Crippen molar-refractivity contribution in [2.75, 3.05) is 19.0 Å². The van der Waals surface area contributed by atoms with Crippen molar-refractivity contribution in [2.45, 2.75) is 12.5 Å². The van der Waals surface area contributed by atoms with Gasteiger partial charge in [0, 0.05) is 19.5 Å². The molecule has 0 saturated carbocycles. The molecule has 15 heavy (non-hydrogen) atoms. The maximum Gasteiger partial charge on any atom is 0.228 e. The van der Waals surface area contributed by atoms with Crippen LogP contribution in [0.5, 0.6) is 0 Å². The Morgan fingerprint density at radius 3 is 2.93 bits per heavy atom. The van der Waals surface area contributed by atoms with Crippen LogP contribution in [0.4, 0.5) is 5.69 Å². The smallest absolute Gasteiger partial charge is 0.228 e. The average Bonchev–Trinajstić information content (AvgIpc) is 2.23. The molecule has 0 aliphatic carbocycles. The number of nitrogens with one attached hydrogen (secondary N) is 1. The number of fused-ring (bicyclic) bond motifs is 1. The summed E-state index contributed by atoms with van der Waals surface area (Å²) in [5.41, 5.74) is 1.92. The van der Waals surface area contributed by atoms with Crippen LogP contribution in [0.25, 0.3) is 0 Å². The summed E-state index contributed by atoms with van der Waals surface area (Å²) in [4.78, 5) is 13.3. The number of hydrogen-bond donors (Lipinski definition) is 1. The maximum absolute atomic E-state index is 11.7. The molecule has 1 amide bonds. The number of nitrogens with zero attached hydrogens (tertiary/aromatic N) is 1. The lowest BCUT2D eigenvalue weighted by molar-refractivity contribution is -0.119. The van der Waals surface area contributed by atoms with E-state index in [0.717, 1.165) is 11.3 Å².